The maximum atomic E-state index is 11.6. The maximum absolute atomic E-state index is 11.6. The largest absolute Gasteiger partial charge is 0.477 e. The molecule has 0 aliphatic heterocycles. The van der Waals surface area contributed by atoms with Crippen molar-refractivity contribution in [3.8, 4) is 0 Å². The molecule has 0 saturated heterocycles. The number of hydrogen-bond donors (Lipinski definition) is 4. The number of rotatable bonds is 5. The fourth-order valence-corrected chi connectivity index (χ4v) is 1.16. The fourth-order valence-electron chi connectivity index (χ4n) is 1.16. The summed E-state index contributed by atoms with van der Waals surface area (Å²) in [5.74, 6) is -1.86. The number of H-pyrrole nitrogens is 1. The Kier molecular flexibility index (Phi) is 4.01. The van der Waals surface area contributed by atoms with Crippen LogP contribution in [0.1, 0.15) is 34.3 Å². The van der Waals surface area contributed by atoms with Crippen LogP contribution in [0, 0.1) is 0 Å². The fraction of sp³-hybridized carbons (Fsp3) is 0.444. The van der Waals surface area contributed by atoms with Crippen LogP contribution in [0.15, 0.2) is 6.33 Å². The Bertz CT molecular complexity index is 384. The molecule has 0 aromatic carbocycles. The molecule has 1 aromatic rings. The third-order valence-corrected chi connectivity index (χ3v) is 2.12. The van der Waals surface area contributed by atoms with Gasteiger partial charge in [-0.2, -0.15) is 0 Å². The van der Waals surface area contributed by atoms with Crippen molar-refractivity contribution in [3.05, 3.63) is 17.7 Å². The Morgan fingerprint density at radius 1 is 1.62 bits per heavy atom. The zero-order chi connectivity index (χ0) is 12.1. The number of nitrogens with zero attached hydrogens (tertiary/aromatic N) is 1. The van der Waals surface area contributed by atoms with E-state index in [1.807, 2.05) is 0 Å². The molecule has 7 nitrogen and oxygen atoms in total. The van der Waals surface area contributed by atoms with Gasteiger partial charge < -0.3 is 20.5 Å². The summed E-state index contributed by atoms with van der Waals surface area (Å²) < 4.78 is 0. The molecule has 1 atom stereocenters. The van der Waals surface area contributed by atoms with Crippen molar-refractivity contribution in [2.45, 2.75) is 19.4 Å². The predicted molar refractivity (Wildman–Crippen MR) is 54.2 cm³/mol. The van der Waals surface area contributed by atoms with E-state index >= 15 is 0 Å². The van der Waals surface area contributed by atoms with Crippen LogP contribution < -0.4 is 5.32 Å². The van der Waals surface area contributed by atoms with Gasteiger partial charge in [-0.1, -0.05) is 6.92 Å². The predicted octanol–water partition coefficient (Wildman–Crippen LogP) is -0.391. The van der Waals surface area contributed by atoms with E-state index in [4.69, 9.17) is 10.2 Å². The lowest BCUT2D eigenvalue weighted by Crippen LogP contribution is -2.37. The standard InChI is InChI=1S/C9H13N3O4/c1-2-5(3-13)12-8(14)6-7(9(15)16)11-4-10-6/h4-5,13H,2-3H2,1H3,(H,10,11)(H,12,14)(H,15,16)/t5-/m0/s1. The maximum Gasteiger partial charge on any atom is 0.354 e. The molecule has 0 bridgehead atoms. The van der Waals surface area contributed by atoms with Crippen molar-refractivity contribution in [2.75, 3.05) is 6.61 Å². The molecular weight excluding hydrogens is 214 g/mol. The molecule has 0 aliphatic rings. The summed E-state index contributed by atoms with van der Waals surface area (Å²) >= 11 is 0. The first-order valence-corrected chi connectivity index (χ1v) is 4.78. The summed E-state index contributed by atoms with van der Waals surface area (Å²) in [5, 5.41) is 20.1. The molecule has 1 rings (SSSR count). The van der Waals surface area contributed by atoms with E-state index in [2.05, 4.69) is 15.3 Å². The van der Waals surface area contributed by atoms with Gasteiger partial charge in [-0.25, -0.2) is 9.78 Å². The van der Waals surface area contributed by atoms with Crippen molar-refractivity contribution >= 4 is 11.9 Å². The first-order chi connectivity index (χ1) is 7.60. The van der Waals surface area contributed by atoms with Gasteiger partial charge in [-0.3, -0.25) is 4.79 Å². The molecule has 1 amide bonds. The Hall–Kier alpha value is -1.89. The minimum absolute atomic E-state index is 0.181. The Morgan fingerprint density at radius 3 is 2.81 bits per heavy atom. The van der Waals surface area contributed by atoms with Crippen molar-refractivity contribution in [1.29, 1.82) is 0 Å². The number of aromatic amines is 1. The highest BCUT2D eigenvalue weighted by molar-refractivity contribution is 6.02. The molecule has 0 radical (unpaired) electrons. The van der Waals surface area contributed by atoms with Gasteiger partial charge in [0, 0.05) is 0 Å². The van der Waals surface area contributed by atoms with Crippen LogP contribution in [0.2, 0.25) is 0 Å². The van der Waals surface area contributed by atoms with Gasteiger partial charge >= 0.3 is 5.97 Å². The average Bonchev–Trinajstić information content (AvgIpc) is 2.74. The Morgan fingerprint density at radius 2 is 2.31 bits per heavy atom. The zero-order valence-corrected chi connectivity index (χ0v) is 8.73. The van der Waals surface area contributed by atoms with Crippen LogP contribution in [-0.2, 0) is 0 Å². The first-order valence-electron chi connectivity index (χ1n) is 4.78. The molecule has 1 heterocycles. The summed E-state index contributed by atoms with van der Waals surface area (Å²) in [6, 6.07) is -0.397. The van der Waals surface area contributed by atoms with Crippen LogP contribution in [0.25, 0.3) is 0 Å². The normalized spacial score (nSPS) is 12.1. The molecular formula is C9H13N3O4. The van der Waals surface area contributed by atoms with Gasteiger partial charge in [0.25, 0.3) is 5.91 Å². The van der Waals surface area contributed by atoms with Gasteiger partial charge in [0.1, 0.15) is 0 Å². The SMILES string of the molecule is CC[C@@H](CO)NC(=O)c1nc[nH]c1C(=O)O. The summed E-state index contributed by atoms with van der Waals surface area (Å²) in [5.41, 5.74) is -0.440. The average molecular weight is 227 g/mol. The zero-order valence-electron chi connectivity index (χ0n) is 8.73. The number of imidazole rings is 1. The molecule has 0 fully saturated rings. The van der Waals surface area contributed by atoms with E-state index in [0.717, 1.165) is 6.33 Å². The molecule has 0 spiro atoms. The number of aromatic nitrogens is 2. The van der Waals surface area contributed by atoms with E-state index < -0.39 is 17.9 Å². The van der Waals surface area contributed by atoms with Crippen LogP contribution in [-0.4, -0.2) is 44.7 Å². The molecule has 16 heavy (non-hydrogen) atoms. The lowest BCUT2D eigenvalue weighted by molar-refractivity contribution is 0.0684. The quantitative estimate of drug-likeness (QED) is 0.546. The van der Waals surface area contributed by atoms with Crippen LogP contribution in [0.5, 0.6) is 0 Å². The topological polar surface area (TPSA) is 115 Å². The molecule has 0 aliphatic carbocycles. The second-order valence-electron chi connectivity index (χ2n) is 3.19. The van der Waals surface area contributed by atoms with Crippen LogP contribution >= 0.6 is 0 Å². The van der Waals surface area contributed by atoms with Gasteiger partial charge in [0.05, 0.1) is 19.0 Å². The van der Waals surface area contributed by atoms with Crippen molar-refractivity contribution in [2.24, 2.45) is 0 Å². The van der Waals surface area contributed by atoms with E-state index in [1.54, 1.807) is 6.92 Å². The summed E-state index contributed by atoms with van der Waals surface area (Å²) in [7, 11) is 0. The highest BCUT2D eigenvalue weighted by Gasteiger charge is 2.21. The lowest BCUT2D eigenvalue weighted by atomic mass is 10.2. The molecule has 0 unspecified atom stereocenters. The number of aromatic carboxylic acids is 1. The smallest absolute Gasteiger partial charge is 0.354 e. The number of carboxylic acid groups (broad SMARTS) is 1. The third-order valence-electron chi connectivity index (χ3n) is 2.12. The van der Waals surface area contributed by atoms with E-state index in [0.29, 0.717) is 6.42 Å². The van der Waals surface area contributed by atoms with Gasteiger partial charge in [0.15, 0.2) is 11.4 Å². The number of aliphatic hydroxyl groups is 1. The van der Waals surface area contributed by atoms with Gasteiger partial charge in [0.2, 0.25) is 0 Å². The second-order valence-corrected chi connectivity index (χ2v) is 3.19. The lowest BCUT2D eigenvalue weighted by Gasteiger charge is -2.12. The van der Waals surface area contributed by atoms with E-state index in [-0.39, 0.29) is 18.0 Å². The molecule has 88 valence electrons. The summed E-state index contributed by atoms with van der Waals surface area (Å²) in [4.78, 5) is 28.3. The number of aliphatic hydroxyl groups excluding tert-OH is 1. The highest BCUT2D eigenvalue weighted by Crippen LogP contribution is 2.03. The third kappa shape index (κ3) is 2.57. The number of carbonyl (C=O) groups excluding carboxylic acids is 1. The Labute approximate surface area is 91.5 Å². The van der Waals surface area contributed by atoms with Crippen LogP contribution in [0.4, 0.5) is 0 Å². The number of carbonyl (C=O) groups is 2. The number of amides is 1. The highest BCUT2D eigenvalue weighted by atomic mass is 16.4. The Balaban J connectivity index is 2.80. The molecule has 1 aromatic heterocycles. The van der Waals surface area contributed by atoms with E-state index in [9.17, 15) is 9.59 Å². The van der Waals surface area contributed by atoms with Gasteiger partial charge in [-0.15, -0.1) is 0 Å². The first kappa shape index (κ1) is 12.2. The second kappa shape index (κ2) is 5.26. The van der Waals surface area contributed by atoms with E-state index in [1.165, 1.54) is 0 Å². The number of hydrogen-bond acceptors (Lipinski definition) is 4. The number of nitrogens with one attached hydrogen (secondary N) is 2. The monoisotopic (exact) mass is 227 g/mol. The molecule has 0 saturated carbocycles. The van der Waals surface area contributed by atoms with Crippen molar-refractivity contribution < 1.29 is 19.8 Å². The molecule has 4 N–H and O–H groups in total. The minimum atomic E-state index is -1.25. The minimum Gasteiger partial charge on any atom is -0.477 e. The summed E-state index contributed by atoms with van der Waals surface area (Å²) in [6.45, 7) is 1.60. The summed E-state index contributed by atoms with van der Waals surface area (Å²) in [6.07, 6.45) is 1.69. The van der Waals surface area contributed by atoms with Crippen LogP contribution in [0.3, 0.4) is 0 Å². The van der Waals surface area contributed by atoms with Crippen molar-refractivity contribution in [1.82, 2.24) is 15.3 Å². The van der Waals surface area contributed by atoms with Gasteiger partial charge in [-0.05, 0) is 6.42 Å². The number of carboxylic acids is 1. The molecule has 7 heteroatoms. The van der Waals surface area contributed by atoms with Crippen molar-refractivity contribution in [3.63, 3.8) is 0 Å².